The Balaban J connectivity index is 1.13. The summed E-state index contributed by atoms with van der Waals surface area (Å²) in [4.78, 5) is 35.7. The second kappa shape index (κ2) is 9.79. The van der Waals surface area contributed by atoms with E-state index >= 15 is 0 Å². The van der Waals surface area contributed by atoms with Crippen molar-refractivity contribution in [3.05, 3.63) is 75.9 Å². The normalized spacial score (nSPS) is 35.2. The molecule has 1 amide bonds. The van der Waals surface area contributed by atoms with Gasteiger partial charge in [0.1, 0.15) is 6.10 Å². The fourth-order valence-corrected chi connectivity index (χ4v) is 8.98. The number of rotatable bonds is 4. The van der Waals surface area contributed by atoms with Gasteiger partial charge in [0.2, 0.25) is 0 Å². The number of Topliss-reactive ketones (excluding diaryl/α,β-unsaturated/α-hetero) is 1. The summed E-state index contributed by atoms with van der Waals surface area (Å²) >= 11 is 0. The van der Waals surface area contributed by atoms with Gasteiger partial charge in [0.15, 0.2) is 5.78 Å². The Hall–Kier alpha value is -3.15. The molecule has 39 heavy (non-hydrogen) atoms. The zero-order valence-corrected chi connectivity index (χ0v) is 23.2. The van der Waals surface area contributed by atoms with E-state index in [1.807, 2.05) is 6.07 Å². The zero-order valence-electron chi connectivity index (χ0n) is 23.2. The van der Waals surface area contributed by atoms with Crippen molar-refractivity contribution < 1.29 is 18.7 Å². The summed E-state index contributed by atoms with van der Waals surface area (Å²) in [7, 11) is 0. The maximum atomic E-state index is 12.6. The molecule has 1 heterocycles. The second-order valence-electron chi connectivity index (χ2n) is 12.8. The predicted octanol–water partition coefficient (Wildman–Crippen LogP) is 7.51. The largest absolute Gasteiger partial charge is 0.442 e. The van der Waals surface area contributed by atoms with Crippen molar-refractivity contribution in [2.24, 2.45) is 28.6 Å². The van der Waals surface area contributed by atoms with Crippen LogP contribution in [0.5, 0.6) is 0 Å². The monoisotopic (exact) mass is 529 g/mol. The molecule has 206 valence electrons. The van der Waals surface area contributed by atoms with Gasteiger partial charge in [-0.05, 0) is 135 Å². The molecule has 2 aromatic rings. The summed E-state index contributed by atoms with van der Waals surface area (Å²) in [6.45, 7) is 6.47. The Bertz CT molecular complexity index is 1340. The standard InChI is InChI=1S/C33H39NO5/c1-20(35)21-4-8-24(9-5-21)34-31(37)39-25-14-16-32(2)23(18-25)7-10-26-28-12-11-27(22-6-13-30(36)38-19-22)33(28,3)17-15-29(26)32/h4-6,8-9,13,18-19,25-29H,7,10-12,14-17H2,1-3H3,(H,34,37)/t25-,26?,27+,28?,29?,32-,33+/m0/s1. The van der Waals surface area contributed by atoms with E-state index in [2.05, 4.69) is 25.2 Å². The summed E-state index contributed by atoms with van der Waals surface area (Å²) in [6, 6.07) is 10.4. The van der Waals surface area contributed by atoms with Crippen LogP contribution in [0.15, 0.2) is 63.5 Å². The highest BCUT2D eigenvalue weighted by molar-refractivity contribution is 5.95. The van der Waals surface area contributed by atoms with Gasteiger partial charge in [-0.25, -0.2) is 9.59 Å². The van der Waals surface area contributed by atoms with E-state index in [4.69, 9.17) is 9.15 Å². The van der Waals surface area contributed by atoms with Crippen molar-refractivity contribution in [2.45, 2.75) is 84.2 Å². The molecule has 0 saturated heterocycles. The van der Waals surface area contributed by atoms with Crippen molar-refractivity contribution in [3.8, 4) is 0 Å². The van der Waals surface area contributed by atoms with Crippen molar-refractivity contribution in [1.82, 2.24) is 0 Å². The lowest BCUT2D eigenvalue weighted by molar-refractivity contribution is -0.0466. The number of anilines is 1. The van der Waals surface area contributed by atoms with Crippen LogP contribution in [-0.4, -0.2) is 18.0 Å². The summed E-state index contributed by atoms with van der Waals surface area (Å²) in [6.07, 6.45) is 12.3. The molecule has 0 aliphatic heterocycles. The Morgan fingerprint density at radius 3 is 2.46 bits per heavy atom. The van der Waals surface area contributed by atoms with Crippen LogP contribution in [0.4, 0.5) is 10.5 Å². The Morgan fingerprint density at radius 1 is 0.949 bits per heavy atom. The molecule has 6 nitrogen and oxygen atoms in total. The second-order valence-corrected chi connectivity index (χ2v) is 12.8. The molecular weight excluding hydrogens is 490 g/mol. The Kier molecular flexibility index (Phi) is 6.55. The fraction of sp³-hybridized carbons (Fsp3) is 0.545. The number of carbonyl (C=O) groups is 2. The fourth-order valence-electron chi connectivity index (χ4n) is 8.98. The van der Waals surface area contributed by atoms with Gasteiger partial charge < -0.3 is 9.15 Å². The molecule has 1 aromatic heterocycles. The van der Waals surface area contributed by atoms with Crippen molar-refractivity contribution in [3.63, 3.8) is 0 Å². The van der Waals surface area contributed by atoms with Gasteiger partial charge >= 0.3 is 11.7 Å². The molecular formula is C33H39NO5. The molecule has 0 radical (unpaired) electrons. The van der Waals surface area contributed by atoms with Crippen LogP contribution in [0.25, 0.3) is 0 Å². The van der Waals surface area contributed by atoms with Gasteiger partial charge in [-0.15, -0.1) is 0 Å². The van der Waals surface area contributed by atoms with Crippen LogP contribution in [0, 0.1) is 28.6 Å². The first kappa shape index (κ1) is 26.1. The molecule has 4 aliphatic carbocycles. The average molecular weight is 530 g/mol. The average Bonchev–Trinajstić information content (AvgIpc) is 3.27. The molecule has 3 saturated carbocycles. The molecule has 3 unspecified atom stereocenters. The minimum atomic E-state index is -0.452. The van der Waals surface area contributed by atoms with Crippen LogP contribution in [0.3, 0.4) is 0 Å². The summed E-state index contributed by atoms with van der Waals surface area (Å²) in [5.41, 5.74) is 4.04. The molecule has 1 N–H and O–H groups in total. The highest BCUT2D eigenvalue weighted by Gasteiger charge is 2.59. The van der Waals surface area contributed by atoms with Crippen LogP contribution >= 0.6 is 0 Å². The SMILES string of the molecule is CC(=O)c1ccc(NC(=O)O[C@@H]2C=C3CCC4C(CC[C@@]5(C)C4CC[C@@H]5c4ccc(=O)oc4)[C@@]3(C)CC2)cc1. The number of hydrogen-bond acceptors (Lipinski definition) is 5. The number of hydrogen-bond donors (Lipinski definition) is 1. The minimum absolute atomic E-state index is 0.00266. The Morgan fingerprint density at radius 2 is 1.74 bits per heavy atom. The van der Waals surface area contributed by atoms with Gasteiger partial charge in [0, 0.05) is 17.3 Å². The number of fused-ring (bicyclic) bond motifs is 5. The highest BCUT2D eigenvalue weighted by Crippen LogP contribution is 2.68. The zero-order chi connectivity index (χ0) is 27.4. The summed E-state index contributed by atoms with van der Waals surface area (Å²) in [5, 5.41) is 2.81. The van der Waals surface area contributed by atoms with Crippen LogP contribution in [-0.2, 0) is 4.74 Å². The first-order chi connectivity index (χ1) is 18.7. The topological polar surface area (TPSA) is 85.6 Å². The van der Waals surface area contributed by atoms with Crippen molar-refractivity contribution in [2.75, 3.05) is 5.32 Å². The number of benzene rings is 1. The molecule has 3 fully saturated rings. The van der Waals surface area contributed by atoms with Crippen LogP contribution in [0.2, 0.25) is 0 Å². The van der Waals surface area contributed by atoms with Crippen LogP contribution < -0.4 is 10.9 Å². The van der Waals surface area contributed by atoms with Gasteiger partial charge in [0.25, 0.3) is 0 Å². The van der Waals surface area contributed by atoms with Gasteiger partial charge in [0.05, 0.1) is 6.26 Å². The first-order valence-electron chi connectivity index (χ1n) is 14.6. The lowest BCUT2D eigenvalue weighted by Crippen LogP contribution is -2.50. The smallest absolute Gasteiger partial charge is 0.412 e. The molecule has 6 rings (SSSR count). The molecule has 1 aromatic carbocycles. The van der Waals surface area contributed by atoms with Crippen LogP contribution in [0.1, 0.15) is 94.0 Å². The number of nitrogens with one attached hydrogen (secondary N) is 1. The van der Waals surface area contributed by atoms with Gasteiger partial charge in [-0.1, -0.05) is 19.4 Å². The number of allylic oxidation sites excluding steroid dienone is 1. The number of ketones is 1. The third kappa shape index (κ3) is 4.56. The van der Waals surface area contributed by atoms with Gasteiger partial charge in [-0.3, -0.25) is 10.1 Å². The number of carbonyl (C=O) groups excluding carboxylic acids is 2. The summed E-state index contributed by atoms with van der Waals surface area (Å²) in [5.74, 6) is 2.53. The van der Waals surface area contributed by atoms with E-state index in [1.54, 1.807) is 36.6 Å². The quantitative estimate of drug-likeness (QED) is 0.327. The van der Waals surface area contributed by atoms with E-state index in [0.29, 0.717) is 34.9 Å². The molecule has 4 aliphatic rings. The molecule has 0 bridgehead atoms. The van der Waals surface area contributed by atoms with Crippen molar-refractivity contribution in [1.29, 1.82) is 0 Å². The number of amides is 1. The third-order valence-corrected chi connectivity index (χ3v) is 11.0. The number of ether oxygens (including phenoxy) is 1. The first-order valence-corrected chi connectivity index (χ1v) is 14.6. The lowest BCUT2D eigenvalue weighted by Gasteiger charge is -2.58. The maximum absolute atomic E-state index is 12.6. The third-order valence-electron chi connectivity index (χ3n) is 11.0. The predicted molar refractivity (Wildman–Crippen MR) is 150 cm³/mol. The summed E-state index contributed by atoms with van der Waals surface area (Å²) < 4.78 is 11.1. The van der Waals surface area contributed by atoms with Gasteiger partial charge in [-0.2, -0.15) is 0 Å². The molecule has 6 heteroatoms. The maximum Gasteiger partial charge on any atom is 0.412 e. The van der Waals surface area contributed by atoms with Crippen molar-refractivity contribution >= 4 is 17.6 Å². The molecule has 0 spiro atoms. The molecule has 7 atom stereocenters. The minimum Gasteiger partial charge on any atom is -0.442 e. The van der Waals surface area contributed by atoms with E-state index in [9.17, 15) is 14.4 Å². The Labute approximate surface area is 230 Å². The lowest BCUT2D eigenvalue weighted by atomic mass is 9.46. The van der Waals surface area contributed by atoms with E-state index < -0.39 is 6.09 Å². The van der Waals surface area contributed by atoms with E-state index in [0.717, 1.165) is 19.3 Å². The van der Waals surface area contributed by atoms with E-state index in [-0.39, 0.29) is 28.3 Å². The van der Waals surface area contributed by atoms with E-state index in [1.165, 1.54) is 50.2 Å². The highest BCUT2D eigenvalue weighted by atomic mass is 16.6.